The molecule has 1 aromatic heterocycles. The third kappa shape index (κ3) is 2.88. The number of hydrogen-bond acceptors (Lipinski definition) is 6. The predicted molar refractivity (Wildman–Crippen MR) is 83.0 cm³/mol. The van der Waals surface area contributed by atoms with E-state index in [0.29, 0.717) is 11.4 Å². The van der Waals surface area contributed by atoms with Crippen molar-refractivity contribution in [3.63, 3.8) is 0 Å². The molecule has 0 aromatic carbocycles. The van der Waals surface area contributed by atoms with E-state index < -0.39 is 9.64 Å². The number of aromatic nitrogens is 1. The van der Waals surface area contributed by atoms with Crippen molar-refractivity contribution in [2.75, 3.05) is 6.61 Å². The van der Waals surface area contributed by atoms with Crippen molar-refractivity contribution in [2.45, 2.75) is 23.9 Å². The normalized spacial score (nSPS) is 21.4. The average Bonchev–Trinajstić information content (AvgIpc) is 2.75. The molecule has 1 atom stereocenters. The van der Waals surface area contributed by atoms with Gasteiger partial charge >= 0.3 is 5.97 Å². The van der Waals surface area contributed by atoms with Gasteiger partial charge in [-0.15, -0.1) is 10.2 Å². The van der Waals surface area contributed by atoms with Crippen molar-refractivity contribution in [2.24, 2.45) is 16.0 Å². The first-order valence-electron chi connectivity index (χ1n) is 6.28. The second-order valence-electron chi connectivity index (χ2n) is 4.19. The van der Waals surface area contributed by atoms with Crippen molar-refractivity contribution in [1.29, 1.82) is 0 Å². The molecule has 1 unspecified atom stereocenters. The van der Waals surface area contributed by atoms with Gasteiger partial charge in [0.05, 0.1) is 12.3 Å². The Bertz CT molecular complexity index is 596. The van der Waals surface area contributed by atoms with Gasteiger partial charge in [0.25, 0.3) is 0 Å². The number of nitrogens with two attached hydrogens (primary N) is 1. The highest BCUT2D eigenvalue weighted by atomic mass is 127. The van der Waals surface area contributed by atoms with Crippen LogP contribution in [0.25, 0.3) is 5.70 Å². The monoisotopic (exact) mass is 386 g/mol. The highest BCUT2D eigenvalue weighted by molar-refractivity contribution is 14.1. The molecule has 0 bridgehead atoms. The average molecular weight is 386 g/mol. The van der Waals surface area contributed by atoms with E-state index >= 15 is 0 Å². The number of pyridine rings is 1. The number of carbonyl (C=O) groups excluding carboxylic acids is 1. The summed E-state index contributed by atoms with van der Waals surface area (Å²) < 4.78 is 3.84. The smallest absolute Gasteiger partial charge is 0.341 e. The third-order valence-electron chi connectivity index (χ3n) is 2.77. The van der Waals surface area contributed by atoms with Gasteiger partial charge in [-0.1, -0.05) is 13.0 Å². The van der Waals surface area contributed by atoms with Gasteiger partial charge < -0.3 is 4.74 Å². The summed E-state index contributed by atoms with van der Waals surface area (Å²) >= 11 is 1.87. The van der Waals surface area contributed by atoms with E-state index in [1.54, 1.807) is 13.0 Å². The molecule has 106 valence electrons. The first kappa shape index (κ1) is 15.0. The third-order valence-corrected chi connectivity index (χ3v) is 3.53. The van der Waals surface area contributed by atoms with Crippen LogP contribution in [-0.4, -0.2) is 21.2 Å². The second kappa shape index (κ2) is 5.96. The molecule has 0 radical (unpaired) electrons. The zero-order valence-electron chi connectivity index (χ0n) is 11.3. The van der Waals surface area contributed by atoms with Gasteiger partial charge in [-0.05, 0) is 48.1 Å². The molecule has 20 heavy (non-hydrogen) atoms. The van der Waals surface area contributed by atoms with Gasteiger partial charge in [0, 0.05) is 5.69 Å². The molecular weight excluding hydrogens is 371 g/mol. The van der Waals surface area contributed by atoms with Crippen LogP contribution in [0, 0.1) is 0 Å². The molecule has 6 nitrogen and oxygen atoms in total. The van der Waals surface area contributed by atoms with E-state index in [1.165, 1.54) is 0 Å². The molecule has 0 amide bonds. The standard InChI is InChI=1S/C13H15IN4O2/c1-3-8-6-5-7-9(16-8)11-10(12(19)20-4-2)13(14,15)18-17-11/h5-7H,3-4,15H2,1-2H3. The van der Waals surface area contributed by atoms with Crippen LogP contribution in [-0.2, 0) is 16.0 Å². The van der Waals surface area contributed by atoms with Gasteiger partial charge in [-0.3, -0.25) is 10.7 Å². The minimum absolute atomic E-state index is 0.237. The fraction of sp³-hybridized carbons (Fsp3) is 0.385. The number of aryl methyl sites for hydroxylation is 1. The van der Waals surface area contributed by atoms with E-state index in [9.17, 15) is 4.79 Å². The zero-order valence-corrected chi connectivity index (χ0v) is 13.4. The van der Waals surface area contributed by atoms with Crippen molar-refractivity contribution in [3.05, 3.63) is 35.2 Å². The van der Waals surface area contributed by atoms with Crippen LogP contribution in [0.1, 0.15) is 25.2 Å². The van der Waals surface area contributed by atoms with Gasteiger partial charge in [-0.25, -0.2) is 4.79 Å². The minimum atomic E-state index is -1.21. The van der Waals surface area contributed by atoms with Crippen molar-refractivity contribution >= 4 is 34.3 Å². The molecule has 0 saturated carbocycles. The maximum atomic E-state index is 12.1. The molecule has 1 aromatic rings. The Morgan fingerprint density at radius 1 is 1.45 bits per heavy atom. The summed E-state index contributed by atoms with van der Waals surface area (Å²) in [5.74, 6) is -0.506. The van der Waals surface area contributed by atoms with Crippen LogP contribution >= 0.6 is 22.6 Å². The van der Waals surface area contributed by atoms with Crippen LogP contribution in [0.5, 0.6) is 0 Å². The van der Waals surface area contributed by atoms with Crippen molar-refractivity contribution < 1.29 is 9.53 Å². The number of esters is 1. The molecule has 2 N–H and O–H groups in total. The molecule has 1 aliphatic heterocycles. The van der Waals surface area contributed by atoms with E-state index in [0.717, 1.165) is 12.1 Å². The number of halogens is 1. The first-order chi connectivity index (χ1) is 9.49. The van der Waals surface area contributed by atoms with Crippen LogP contribution < -0.4 is 5.73 Å². The maximum absolute atomic E-state index is 12.1. The van der Waals surface area contributed by atoms with Crippen molar-refractivity contribution in [1.82, 2.24) is 4.98 Å². The Balaban J connectivity index is 2.52. The largest absolute Gasteiger partial charge is 0.462 e. The first-order valence-corrected chi connectivity index (χ1v) is 7.36. The Hall–Kier alpha value is -1.35. The second-order valence-corrected chi connectivity index (χ2v) is 5.83. The van der Waals surface area contributed by atoms with E-state index in [-0.39, 0.29) is 12.2 Å². The summed E-state index contributed by atoms with van der Waals surface area (Å²) in [6.07, 6.45) is 0.797. The summed E-state index contributed by atoms with van der Waals surface area (Å²) in [7, 11) is 0. The Labute approximate surface area is 130 Å². The van der Waals surface area contributed by atoms with Gasteiger partial charge in [0.15, 0.2) is 0 Å². The van der Waals surface area contributed by atoms with E-state index in [1.807, 2.05) is 41.6 Å². The topological polar surface area (TPSA) is 89.9 Å². The molecule has 0 aliphatic carbocycles. The number of nitrogens with zero attached hydrogens (tertiary/aromatic N) is 3. The van der Waals surface area contributed by atoms with Crippen LogP contribution in [0.4, 0.5) is 0 Å². The van der Waals surface area contributed by atoms with Crippen molar-refractivity contribution in [3.8, 4) is 0 Å². The summed E-state index contributed by atoms with van der Waals surface area (Å²) in [5.41, 5.74) is 8.11. The summed E-state index contributed by atoms with van der Waals surface area (Å²) in [6.45, 7) is 4.02. The summed E-state index contributed by atoms with van der Waals surface area (Å²) in [5, 5.41) is 7.97. The molecule has 2 heterocycles. The molecule has 0 fully saturated rings. The van der Waals surface area contributed by atoms with Crippen LogP contribution in [0.3, 0.4) is 0 Å². The van der Waals surface area contributed by atoms with Gasteiger partial charge in [0.1, 0.15) is 11.3 Å². The van der Waals surface area contributed by atoms with Gasteiger partial charge in [0.2, 0.25) is 3.67 Å². The summed E-state index contributed by atoms with van der Waals surface area (Å²) in [6, 6.07) is 5.57. The maximum Gasteiger partial charge on any atom is 0.341 e. The number of rotatable bonds is 4. The summed E-state index contributed by atoms with van der Waals surface area (Å²) in [4.78, 5) is 16.5. The molecular formula is C13H15IN4O2. The Morgan fingerprint density at radius 2 is 2.20 bits per heavy atom. The molecule has 7 heteroatoms. The SMILES string of the molecule is CCOC(=O)C1=C(c2cccc(CC)n2)N=NC1(N)I. The minimum Gasteiger partial charge on any atom is -0.462 e. The molecule has 0 saturated heterocycles. The lowest BCUT2D eigenvalue weighted by Gasteiger charge is -2.14. The van der Waals surface area contributed by atoms with E-state index in [2.05, 4.69) is 15.2 Å². The van der Waals surface area contributed by atoms with Gasteiger partial charge in [-0.2, -0.15) is 0 Å². The lowest BCUT2D eigenvalue weighted by atomic mass is 10.1. The molecule has 2 rings (SSSR count). The highest BCUT2D eigenvalue weighted by Gasteiger charge is 2.41. The number of hydrogen-bond donors (Lipinski definition) is 1. The molecule has 1 aliphatic rings. The number of alkyl halides is 1. The number of azo groups is 1. The predicted octanol–water partition coefficient (Wildman–Crippen LogP) is 2.43. The van der Waals surface area contributed by atoms with Crippen LogP contribution in [0.15, 0.2) is 34.0 Å². The lowest BCUT2D eigenvalue weighted by Crippen LogP contribution is -2.35. The fourth-order valence-electron chi connectivity index (χ4n) is 1.82. The zero-order chi connectivity index (χ0) is 14.8. The quantitative estimate of drug-likeness (QED) is 0.373. The number of carbonyl (C=O) groups is 1. The van der Waals surface area contributed by atoms with E-state index in [4.69, 9.17) is 10.5 Å². The Kier molecular flexibility index (Phi) is 4.48. The number of ether oxygens (including phenoxy) is 1. The molecule has 0 spiro atoms. The van der Waals surface area contributed by atoms with Crippen LogP contribution in [0.2, 0.25) is 0 Å². The fourth-order valence-corrected chi connectivity index (χ4v) is 2.40. The lowest BCUT2D eigenvalue weighted by molar-refractivity contribution is -0.138. The highest BCUT2D eigenvalue weighted by Crippen LogP contribution is 2.38. The Morgan fingerprint density at radius 3 is 2.85 bits per heavy atom.